The van der Waals surface area contributed by atoms with Crippen LogP contribution in [-0.4, -0.2) is 49.6 Å². The van der Waals surface area contributed by atoms with E-state index in [2.05, 4.69) is 43.0 Å². The zero-order valence-electron chi connectivity index (χ0n) is 23.6. The molecule has 0 spiro atoms. The van der Waals surface area contributed by atoms with Crippen LogP contribution in [0.1, 0.15) is 66.2 Å². The van der Waals surface area contributed by atoms with Crippen LogP contribution < -0.4 is 10.7 Å². The molecule has 210 valence electrons. The summed E-state index contributed by atoms with van der Waals surface area (Å²) in [5.74, 6) is -1.75. The lowest BCUT2D eigenvalue weighted by Crippen LogP contribution is -2.14. The average molecular weight is 551 g/mol. The number of aromatic amines is 2. The third-order valence-electron chi connectivity index (χ3n) is 8.08. The van der Waals surface area contributed by atoms with Crippen LogP contribution >= 0.6 is 0 Å². The molecular weight excluding hydrogens is 516 g/mol. The molecule has 0 saturated heterocycles. The summed E-state index contributed by atoms with van der Waals surface area (Å²) >= 11 is 0. The lowest BCUT2D eigenvalue weighted by Gasteiger charge is -2.06. The minimum Gasteiger partial charge on any atom is -0.481 e. The monoisotopic (exact) mass is 550 g/mol. The molecule has 5 rings (SSSR count). The molecule has 2 aromatic rings. The number of aliphatic imine (C=N–C) groups is 2. The van der Waals surface area contributed by atoms with Gasteiger partial charge in [0.15, 0.2) is 0 Å². The van der Waals surface area contributed by atoms with Crippen molar-refractivity contribution in [2.45, 2.75) is 58.9 Å². The normalized spacial score (nSPS) is 17.7. The van der Waals surface area contributed by atoms with Crippen molar-refractivity contribution < 1.29 is 19.8 Å². The van der Waals surface area contributed by atoms with Gasteiger partial charge in [0.1, 0.15) is 0 Å². The molecule has 0 radical (unpaired) electrons. The van der Waals surface area contributed by atoms with Gasteiger partial charge in [0.2, 0.25) is 0 Å². The van der Waals surface area contributed by atoms with Crippen LogP contribution in [0, 0.1) is 13.8 Å². The molecule has 0 saturated carbocycles. The molecule has 0 fully saturated rings. The zero-order valence-corrected chi connectivity index (χ0v) is 23.6. The maximum Gasteiger partial charge on any atom is 0.303 e. The molecule has 8 nitrogen and oxygen atoms in total. The molecule has 0 aromatic carbocycles. The van der Waals surface area contributed by atoms with Crippen molar-refractivity contribution in [3.8, 4) is 0 Å². The molecule has 3 aliphatic rings. The fourth-order valence-corrected chi connectivity index (χ4v) is 5.80. The Kier molecular flexibility index (Phi) is 7.49. The molecule has 5 heterocycles. The number of nitrogens with one attached hydrogen (secondary N) is 2. The summed E-state index contributed by atoms with van der Waals surface area (Å²) in [6.45, 7) is 14.2. The van der Waals surface area contributed by atoms with E-state index in [0.717, 1.165) is 66.8 Å². The highest BCUT2D eigenvalue weighted by atomic mass is 16.4. The fraction of sp³-hybridized carbons (Fsp3) is 0.273. The fourth-order valence-electron chi connectivity index (χ4n) is 5.80. The number of aliphatic carboxylic acids is 2. The van der Waals surface area contributed by atoms with Crippen LogP contribution in [-0.2, 0) is 16.0 Å². The number of carboxylic acid groups (broad SMARTS) is 2. The lowest BCUT2D eigenvalue weighted by atomic mass is 9.98. The maximum absolute atomic E-state index is 11.5. The van der Waals surface area contributed by atoms with Crippen LogP contribution in [0.3, 0.4) is 0 Å². The largest absolute Gasteiger partial charge is 0.481 e. The highest BCUT2D eigenvalue weighted by Crippen LogP contribution is 2.32. The van der Waals surface area contributed by atoms with Gasteiger partial charge in [-0.15, -0.1) is 0 Å². The van der Waals surface area contributed by atoms with Crippen LogP contribution in [0.2, 0.25) is 0 Å². The molecule has 8 bridgehead atoms. The average Bonchev–Trinajstić information content (AvgIpc) is 3.61. The Morgan fingerprint density at radius 1 is 0.927 bits per heavy atom. The highest BCUT2D eigenvalue weighted by Gasteiger charge is 2.25. The smallest absolute Gasteiger partial charge is 0.303 e. The van der Waals surface area contributed by atoms with Gasteiger partial charge in [0.05, 0.1) is 23.2 Å². The van der Waals surface area contributed by atoms with Gasteiger partial charge in [0.25, 0.3) is 0 Å². The summed E-state index contributed by atoms with van der Waals surface area (Å²) in [5.41, 5.74) is 10.8. The Labute approximate surface area is 238 Å². The topological polar surface area (TPSA) is 131 Å². The number of rotatable bonds is 8. The first kappa shape index (κ1) is 27.8. The summed E-state index contributed by atoms with van der Waals surface area (Å²) in [6.07, 6.45) is 12.9. The Balaban J connectivity index is 1.77. The van der Waals surface area contributed by atoms with Crippen LogP contribution in [0.25, 0.3) is 24.3 Å². The molecular formula is C33H34N4O4. The predicted octanol–water partition coefficient (Wildman–Crippen LogP) is 4.55. The van der Waals surface area contributed by atoms with E-state index < -0.39 is 11.9 Å². The molecule has 8 heteroatoms. The van der Waals surface area contributed by atoms with Gasteiger partial charge in [-0.1, -0.05) is 31.4 Å². The Morgan fingerprint density at radius 3 is 2.32 bits per heavy atom. The van der Waals surface area contributed by atoms with Crippen molar-refractivity contribution in [2.24, 2.45) is 9.98 Å². The van der Waals surface area contributed by atoms with Gasteiger partial charge >= 0.3 is 11.9 Å². The minimum atomic E-state index is -0.880. The van der Waals surface area contributed by atoms with E-state index in [1.807, 2.05) is 37.3 Å². The maximum atomic E-state index is 11.5. The number of carbonyl (C=O) groups is 2. The SMILES string of the molecule is C=Cc1c2[nH]c(c1C)CC1C=C(CCC(=O)O)C(=N1)C=C1N=C(C=c3[nH]c(c(C)c3C=C)=C2)C(C)=C1CCC(=O)O. The second kappa shape index (κ2) is 11.0. The van der Waals surface area contributed by atoms with E-state index in [1.54, 1.807) is 0 Å². The second-order valence-corrected chi connectivity index (χ2v) is 10.6. The van der Waals surface area contributed by atoms with Gasteiger partial charge in [-0.3, -0.25) is 14.6 Å². The summed E-state index contributed by atoms with van der Waals surface area (Å²) in [6, 6.07) is -0.184. The van der Waals surface area contributed by atoms with Crippen LogP contribution in [0.4, 0.5) is 0 Å². The molecule has 0 amide bonds. The van der Waals surface area contributed by atoms with Gasteiger partial charge in [-0.25, -0.2) is 4.99 Å². The Morgan fingerprint density at radius 2 is 1.63 bits per heavy atom. The predicted molar refractivity (Wildman–Crippen MR) is 163 cm³/mol. The standard InChI is InChI=1S/C33H34N4O4/c1-6-22-17(3)25-13-21-12-20(8-10-32(38)39)28(34-21)16-31-24(9-11-33(40)41)19(5)27(37-31)15-30-23(7-2)18(4)26(36-30)14-29(22)35-25/h6-7,12,14-16,21,35-36H,1-2,8-11,13H2,3-5H3,(H,38,39)(H,40,41). The van der Waals surface area contributed by atoms with Crippen LogP contribution in [0.5, 0.6) is 0 Å². The van der Waals surface area contributed by atoms with Crippen LogP contribution in [0.15, 0.2) is 57.7 Å². The summed E-state index contributed by atoms with van der Waals surface area (Å²) in [4.78, 5) is 40.0. The number of nitrogens with zero attached hydrogens (tertiary/aromatic N) is 2. The van der Waals surface area contributed by atoms with E-state index >= 15 is 0 Å². The number of hydrogen-bond donors (Lipinski definition) is 4. The van der Waals surface area contributed by atoms with Crippen molar-refractivity contribution in [3.05, 3.63) is 92.1 Å². The quantitative estimate of drug-likeness (QED) is 0.384. The first-order valence-corrected chi connectivity index (χ1v) is 13.7. The number of fused-ring (bicyclic) bond motifs is 6. The number of hydrogen-bond acceptors (Lipinski definition) is 4. The third kappa shape index (κ3) is 5.37. The first-order chi connectivity index (χ1) is 19.6. The number of allylic oxidation sites excluding steroid dienone is 4. The van der Waals surface area contributed by atoms with E-state index in [-0.39, 0.29) is 18.9 Å². The van der Waals surface area contributed by atoms with E-state index in [1.165, 1.54) is 0 Å². The van der Waals surface area contributed by atoms with Gasteiger partial charge in [-0.05, 0) is 79.7 Å². The second-order valence-electron chi connectivity index (χ2n) is 10.6. The van der Waals surface area contributed by atoms with Crippen molar-refractivity contribution in [2.75, 3.05) is 0 Å². The molecule has 4 N–H and O–H groups in total. The van der Waals surface area contributed by atoms with E-state index in [4.69, 9.17) is 9.98 Å². The molecule has 0 aliphatic carbocycles. The molecule has 41 heavy (non-hydrogen) atoms. The number of aromatic nitrogens is 2. The highest BCUT2D eigenvalue weighted by molar-refractivity contribution is 6.24. The minimum absolute atomic E-state index is 0.0103. The lowest BCUT2D eigenvalue weighted by molar-refractivity contribution is -0.137. The molecule has 3 aliphatic heterocycles. The molecule has 1 atom stereocenters. The molecule has 2 aromatic heterocycles. The Bertz CT molecular complexity index is 1790. The summed E-state index contributed by atoms with van der Waals surface area (Å²) in [5, 5.41) is 20.6. The van der Waals surface area contributed by atoms with Gasteiger partial charge in [0, 0.05) is 52.5 Å². The van der Waals surface area contributed by atoms with Crippen molar-refractivity contribution in [3.63, 3.8) is 0 Å². The van der Waals surface area contributed by atoms with E-state index in [9.17, 15) is 19.8 Å². The molecule has 1 unspecified atom stereocenters. The van der Waals surface area contributed by atoms with Gasteiger partial charge in [-0.2, -0.15) is 0 Å². The number of H-pyrrole nitrogens is 2. The summed E-state index contributed by atoms with van der Waals surface area (Å²) in [7, 11) is 0. The third-order valence-corrected chi connectivity index (χ3v) is 8.08. The number of carboxylic acids is 2. The Hall–Kier alpha value is -4.72. The van der Waals surface area contributed by atoms with Gasteiger partial charge < -0.3 is 20.2 Å². The van der Waals surface area contributed by atoms with Crippen molar-refractivity contribution in [1.82, 2.24) is 9.97 Å². The van der Waals surface area contributed by atoms with Crippen molar-refractivity contribution >= 4 is 47.7 Å². The van der Waals surface area contributed by atoms with Crippen molar-refractivity contribution in [1.29, 1.82) is 0 Å². The first-order valence-electron chi connectivity index (χ1n) is 13.7. The van der Waals surface area contributed by atoms with E-state index in [0.29, 0.717) is 30.7 Å². The summed E-state index contributed by atoms with van der Waals surface area (Å²) < 4.78 is 0. The zero-order chi connectivity index (χ0) is 29.4.